The maximum atomic E-state index is 12.9. The Morgan fingerprint density at radius 3 is 2.81 bits per heavy atom. The summed E-state index contributed by atoms with van der Waals surface area (Å²) in [5, 5.41) is 3.82. The molecule has 21 heavy (non-hydrogen) atoms. The van der Waals surface area contributed by atoms with E-state index in [0.29, 0.717) is 0 Å². The van der Waals surface area contributed by atoms with Gasteiger partial charge in [-0.25, -0.2) is 4.98 Å². The van der Waals surface area contributed by atoms with Gasteiger partial charge in [0.2, 0.25) is 11.8 Å². The molecule has 114 valence electrons. The van der Waals surface area contributed by atoms with E-state index in [9.17, 15) is 9.59 Å². The highest BCUT2D eigenvalue weighted by Crippen LogP contribution is 2.42. The van der Waals surface area contributed by atoms with Crippen LogP contribution in [0.4, 0.5) is 0 Å². The molecule has 1 aliphatic carbocycles. The lowest BCUT2D eigenvalue weighted by Gasteiger charge is -2.42. The van der Waals surface area contributed by atoms with Gasteiger partial charge in [0.05, 0.1) is 6.04 Å². The van der Waals surface area contributed by atoms with Gasteiger partial charge in [0.15, 0.2) is 0 Å². The minimum atomic E-state index is -0.728. The smallest absolute Gasteiger partial charge is 0.249 e. The van der Waals surface area contributed by atoms with Gasteiger partial charge < -0.3 is 10.2 Å². The molecular formula is C15H21N3O2S. The van der Waals surface area contributed by atoms with E-state index in [0.717, 1.165) is 24.3 Å². The molecule has 1 saturated carbocycles. The lowest BCUT2D eigenvalue weighted by atomic mass is 9.91. The maximum Gasteiger partial charge on any atom is 0.249 e. The van der Waals surface area contributed by atoms with Crippen molar-refractivity contribution in [2.24, 2.45) is 5.92 Å². The highest BCUT2D eigenvalue weighted by molar-refractivity contribution is 7.11. The summed E-state index contributed by atoms with van der Waals surface area (Å²) >= 11 is 1.63. The van der Waals surface area contributed by atoms with Crippen LogP contribution < -0.4 is 5.32 Å². The zero-order valence-corrected chi connectivity index (χ0v) is 13.5. The number of aryl methyl sites for hydroxylation is 1. The minimum absolute atomic E-state index is 0.0327. The molecular weight excluding hydrogens is 286 g/mol. The normalized spacial score (nSPS) is 27.7. The molecule has 2 heterocycles. The number of piperazine rings is 1. The molecule has 0 radical (unpaired) electrons. The van der Waals surface area contributed by atoms with Crippen molar-refractivity contribution in [2.75, 3.05) is 6.54 Å². The van der Waals surface area contributed by atoms with E-state index < -0.39 is 5.54 Å². The maximum absolute atomic E-state index is 12.9. The summed E-state index contributed by atoms with van der Waals surface area (Å²) in [6.45, 7) is 6.04. The molecule has 1 N–H and O–H groups in total. The lowest BCUT2D eigenvalue weighted by molar-refractivity contribution is -0.152. The third kappa shape index (κ3) is 2.46. The number of nitrogens with zero attached hydrogens (tertiary/aromatic N) is 2. The Balaban J connectivity index is 1.85. The predicted octanol–water partition coefficient (Wildman–Crippen LogP) is 1.89. The second kappa shape index (κ2) is 5.09. The van der Waals surface area contributed by atoms with Crippen molar-refractivity contribution in [1.82, 2.24) is 15.2 Å². The van der Waals surface area contributed by atoms with E-state index in [-0.39, 0.29) is 30.3 Å². The van der Waals surface area contributed by atoms with Crippen LogP contribution in [0.3, 0.4) is 0 Å². The van der Waals surface area contributed by atoms with Crippen molar-refractivity contribution in [3.8, 4) is 0 Å². The molecule has 0 aromatic carbocycles. The number of nitrogens with one attached hydrogen (secondary N) is 1. The van der Waals surface area contributed by atoms with E-state index in [1.54, 1.807) is 16.2 Å². The van der Waals surface area contributed by atoms with Crippen molar-refractivity contribution in [1.29, 1.82) is 0 Å². The Hall–Kier alpha value is -1.43. The molecule has 1 aromatic heterocycles. The van der Waals surface area contributed by atoms with Crippen LogP contribution in [0.5, 0.6) is 0 Å². The molecule has 2 amide bonds. The van der Waals surface area contributed by atoms with Gasteiger partial charge in [-0.2, -0.15) is 0 Å². The monoisotopic (exact) mass is 307 g/mol. The van der Waals surface area contributed by atoms with Crippen molar-refractivity contribution in [3.63, 3.8) is 0 Å². The molecule has 2 atom stereocenters. The SMILES string of the molecule is CCc1cnc(C(C)N2CC(=O)NC(C)(C3CC3)C2=O)s1. The van der Waals surface area contributed by atoms with Gasteiger partial charge in [0, 0.05) is 11.1 Å². The van der Waals surface area contributed by atoms with Gasteiger partial charge in [-0.1, -0.05) is 6.92 Å². The molecule has 1 saturated heterocycles. The Morgan fingerprint density at radius 2 is 2.24 bits per heavy atom. The Labute approximate surface area is 128 Å². The minimum Gasteiger partial charge on any atom is -0.340 e. The van der Waals surface area contributed by atoms with Crippen LogP contribution in [0.15, 0.2) is 6.20 Å². The fraction of sp³-hybridized carbons (Fsp3) is 0.667. The first-order chi connectivity index (χ1) is 9.95. The van der Waals surface area contributed by atoms with Gasteiger partial charge in [-0.3, -0.25) is 9.59 Å². The number of hydrogen-bond donors (Lipinski definition) is 1. The molecule has 0 bridgehead atoms. The standard InChI is InChI=1S/C15H21N3O2S/c1-4-11-7-16-13(21-11)9(2)18-8-12(19)17-15(3,14(18)20)10-5-6-10/h7,9-10H,4-6,8H2,1-3H3,(H,17,19). The van der Waals surface area contributed by atoms with E-state index in [2.05, 4.69) is 17.2 Å². The number of hydrogen-bond acceptors (Lipinski definition) is 4. The number of aromatic nitrogens is 1. The summed E-state index contributed by atoms with van der Waals surface area (Å²) < 4.78 is 0. The van der Waals surface area contributed by atoms with Gasteiger partial charge in [0.1, 0.15) is 17.1 Å². The molecule has 1 aliphatic heterocycles. The van der Waals surface area contributed by atoms with E-state index in [4.69, 9.17) is 0 Å². The Kier molecular flexibility index (Phi) is 3.51. The van der Waals surface area contributed by atoms with Crippen LogP contribution in [0.2, 0.25) is 0 Å². The zero-order valence-electron chi connectivity index (χ0n) is 12.7. The second-order valence-corrected chi connectivity index (χ2v) is 7.30. The summed E-state index contributed by atoms with van der Waals surface area (Å²) in [4.78, 5) is 32.2. The fourth-order valence-electron chi connectivity index (χ4n) is 2.97. The highest BCUT2D eigenvalue weighted by atomic mass is 32.1. The van der Waals surface area contributed by atoms with Gasteiger partial charge in [0.25, 0.3) is 0 Å². The highest BCUT2D eigenvalue weighted by Gasteiger charge is 2.53. The van der Waals surface area contributed by atoms with Crippen molar-refractivity contribution in [2.45, 2.75) is 51.6 Å². The Morgan fingerprint density at radius 1 is 1.52 bits per heavy atom. The van der Waals surface area contributed by atoms with Gasteiger partial charge in [-0.15, -0.1) is 11.3 Å². The molecule has 5 nitrogen and oxygen atoms in total. The average molecular weight is 307 g/mol. The quantitative estimate of drug-likeness (QED) is 0.924. The summed E-state index contributed by atoms with van der Waals surface area (Å²) in [7, 11) is 0. The first-order valence-electron chi connectivity index (χ1n) is 7.52. The molecule has 2 aliphatic rings. The van der Waals surface area contributed by atoms with Gasteiger partial charge >= 0.3 is 0 Å². The van der Waals surface area contributed by atoms with Crippen LogP contribution in [-0.2, 0) is 16.0 Å². The van der Waals surface area contributed by atoms with Crippen molar-refractivity contribution in [3.05, 3.63) is 16.1 Å². The largest absolute Gasteiger partial charge is 0.340 e. The van der Waals surface area contributed by atoms with Crippen molar-refractivity contribution < 1.29 is 9.59 Å². The Bertz CT molecular complexity index is 581. The molecule has 1 aromatic rings. The summed E-state index contributed by atoms with van der Waals surface area (Å²) in [5.41, 5.74) is -0.728. The number of amides is 2. The number of carbonyl (C=O) groups is 2. The number of carbonyl (C=O) groups excluding carboxylic acids is 2. The van der Waals surface area contributed by atoms with Crippen LogP contribution >= 0.6 is 11.3 Å². The zero-order chi connectivity index (χ0) is 15.2. The third-order valence-electron chi connectivity index (χ3n) is 4.56. The fourth-order valence-corrected chi connectivity index (χ4v) is 3.89. The second-order valence-electron chi connectivity index (χ2n) is 6.15. The van der Waals surface area contributed by atoms with Crippen molar-refractivity contribution >= 4 is 23.2 Å². The van der Waals surface area contributed by atoms with E-state index in [1.165, 1.54) is 4.88 Å². The average Bonchev–Trinajstić information content (AvgIpc) is 3.21. The summed E-state index contributed by atoms with van der Waals surface area (Å²) in [6, 6.07) is -0.146. The van der Waals surface area contributed by atoms with Crippen LogP contribution in [0, 0.1) is 5.92 Å². The number of thiazole rings is 1. The lowest BCUT2D eigenvalue weighted by Crippen LogP contribution is -2.66. The molecule has 2 unspecified atom stereocenters. The molecule has 0 spiro atoms. The first kappa shape index (κ1) is 14.5. The van der Waals surface area contributed by atoms with Crippen LogP contribution in [0.1, 0.15) is 49.5 Å². The molecule has 6 heteroatoms. The summed E-state index contributed by atoms with van der Waals surface area (Å²) in [6.07, 6.45) is 4.84. The van der Waals surface area contributed by atoms with Gasteiger partial charge in [-0.05, 0) is 39.0 Å². The van der Waals surface area contributed by atoms with Crippen LogP contribution in [-0.4, -0.2) is 33.8 Å². The number of rotatable bonds is 4. The molecule has 3 rings (SSSR count). The topological polar surface area (TPSA) is 62.3 Å². The third-order valence-corrected chi connectivity index (χ3v) is 5.87. The first-order valence-corrected chi connectivity index (χ1v) is 8.34. The summed E-state index contributed by atoms with van der Waals surface area (Å²) in [5.74, 6) is 0.250. The molecule has 2 fully saturated rings. The predicted molar refractivity (Wildman–Crippen MR) is 80.9 cm³/mol. The van der Waals surface area contributed by atoms with E-state index >= 15 is 0 Å². The van der Waals surface area contributed by atoms with Crippen LogP contribution in [0.25, 0.3) is 0 Å². The van der Waals surface area contributed by atoms with E-state index in [1.807, 2.05) is 20.0 Å².